The van der Waals surface area contributed by atoms with Gasteiger partial charge >= 0.3 is 5.97 Å². The Balaban J connectivity index is 2.36. The van der Waals surface area contributed by atoms with Crippen molar-refractivity contribution in [2.24, 2.45) is 0 Å². The molecule has 8 nitrogen and oxygen atoms in total. The Kier molecular flexibility index (Phi) is 6.96. The quantitative estimate of drug-likeness (QED) is 0.394. The lowest BCUT2D eigenvalue weighted by Crippen LogP contribution is -2.10. The number of benzene rings is 2. The van der Waals surface area contributed by atoms with Crippen molar-refractivity contribution in [2.75, 3.05) is 20.8 Å². The maximum Gasteiger partial charge on any atom is 0.338 e. The zero-order chi connectivity index (χ0) is 24.3. The number of carbonyl (C=O) groups is 1. The second kappa shape index (κ2) is 9.68. The van der Waals surface area contributed by atoms with E-state index in [2.05, 4.69) is 0 Å². The lowest BCUT2D eigenvalue weighted by Gasteiger charge is -2.15. The number of esters is 1. The maximum absolute atomic E-state index is 13.2. The minimum absolute atomic E-state index is 0.0256. The summed E-state index contributed by atoms with van der Waals surface area (Å²) in [5.74, 6) is -1.09. The molecule has 0 spiro atoms. The number of phenolic OH excluding ortho intramolecular Hbond substituents is 2. The summed E-state index contributed by atoms with van der Waals surface area (Å²) in [6.07, 6.45) is 2.44. The van der Waals surface area contributed by atoms with Crippen LogP contribution in [0.4, 0.5) is 0 Å². The average molecular weight is 454 g/mol. The van der Waals surface area contributed by atoms with E-state index in [9.17, 15) is 19.8 Å². The van der Waals surface area contributed by atoms with Crippen molar-refractivity contribution in [3.05, 3.63) is 57.3 Å². The van der Waals surface area contributed by atoms with Crippen LogP contribution in [0, 0.1) is 0 Å². The van der Waals surface area contributed by atoms with Gasteiger partial charge in [0.25, 0.3) is 0 Å². The third-order valence-corrected chi connectivity index (χ3v) is 5.03. The number of hydrogen-bond donors (Lipinski definition) is 2. The molecule has 3 aromatic rings. The van der Waals surface area contributed by atoms with Crippen LogP contribution in [0.25, 0.3) is 22.3 Å². The summed E-state index contributed by atoms with van der Waals surface area (Å²) in [7, 11) is 2.75. The molecular formula is C25H26O8. The van der Waals surface area contributed by atoms with Crippen molar-refractivity contribution >= 4 is 16.9 Å². The molecule has 0 bridgehead atoms. The van der Waals surface area contributed by atoms with E-state index >= 15 is 0 Å². The van der Waals surface area contributed by atoms with Gasteiger partial charge in [-0.05, 0) is 57.0 Å². The van der Waals surface area contributed by atoms with Crippen LogP contribution in [0.2, 0.25) is 0 Å². The van der Waals surface area contributed by atoms with Crippen molar-refractivity contribution in [3.8, 4) is 34.3 Å². The Bertz CT molecular complexity index is 1300. The van der Waals surface area contributed by atoms with Crippen molar-refractivity contribution in [3.63, 3.8) is 0 Å². The third-order valence-electron chi connectivity index (χ3n) is 5.03. The van der Waals surface area contributed by atoms with Crippen molar-refractivity contribution < 1.29 is 33.6 Å². The van der Waals surface area contributed by atoms with E-state index in [0.29, 0.717) is 17.5 Å². The van der Waals surface area contributed by atoms with E-state index in [-0.39, 0.29) is 46.1 Å². The number of hydrogen-bond acceptors (Lipinski definition) is 8. The number of allylic oxidation sites excluding steroid dienone is 2. The smallest absolute Gasteiger partial charge is 0.338 e. The molecule has 0 fully saturated rings. The summed E-state index contributed by atoms with van der Waals surface area (Å²) < 4.78 is 21.6. The van der Waals surface area contributed by atoms with E-state index in [4.69, 9.17) is 18.6 Å². The summed E-state index contributed by atoms with van der Waals surface area (Å²) in [5, 5.41) is 20.7. The van der Waals surface area contributed by atoms with Crippen LogP contribution in [-0.4, -0.2) is 37.0 Å². The van der Waals surface area contributed by atoms with Gasteiger partial charge in [-0.1, -0.05) is 11.6 Å². The van der Waals surface area contributed by atoms with E-state index < -0.39 is 17.1 Å². The number of aromatic hydroxyl groups is 2. The average Bonchev–Trinajstić information content (AvgIpc) is 2.77. The van der Waals surface area contributed by atoms with Crippen LogP contribution >= 0.6 is 0 Å². The fourth-order valence-corrected chi connectivity index (χ4v) is 3.45. The standard InChI is InChI=1S/C25H26O8/c1-6-32-25(29)15-9-18(27)21-20(11-15)33-23(24(31-5)22(21)28)16-12-17(26)19(30-4)10-14(16)8-7-13(2)3/h7,9-12,26-27H,6,8H2,1-5H3. The predicted molar refractivity (Wildman–Crippen MR) is 123 cm³/mol. The van der Waals surface area contributed by atoms with E-state index in [0.717, 1.165) is 11.6 Å². The molecule has 1 aromatic heterocycles. The highest BCUT2D eigenvalue weighted by atomic mass is 16.5. The topological polar surface area (TPSA) is 115 Å². The third kappa shape index (κ3) is 4.64. The molecule has 0 amide bonds. The summed E-state index contributed by atoms with van der Waals surface area (Å²) in [6, 6.07) is 5.56. The number of rotatable bonds is 7. The molecule has 0 aliphatic heterocycles. The highest BCUT2D eigenvalue weighted by Gasteiger charge is 2.24. The molecule has 0 aliphatic carbocycles. The number of phenols is 2. The fraction of sp³-hybridized carbons (Fsp3) is 0.280. The van der Waals surface area contributed by atoms with E-state index in [1.54, 1.807) is 13.0 Å². The molecular weight excluding hydrogens is 428 g/mol. The van der Waals surface area contributed by atoms with Gasteiger partial charge in [-0.3, -0.25) is 4.79 Å². The Morgan fingerprint density at radius 2 is 1.79 bits per heavy atom. The molecule has 0 saturated heterocycles. The van der Waals surface area contributed by atoms with Crippen molar-refractivity contribution in [2.45, 2.75) is 27.2 Å². The zero-order valence-electron chi connectivity index (χ0n) is 19.1. The van der Waals surface area contributed by atoms with Crippen LogP contribution in [0.15, 0.2) is 45.1 Å². The van der Waals surface area contributed by atoms with Crippen molar-refractivity contribution in [1.29, 1.82) is 0 Å². The number of carbonyl (C=O) groups excluding carboxylic acids is 1. The number of methoxy groups -OCH3 is 2. The molecule has 3 rings (SSSR count). The largest absolute Gasteiger partial charge is 0.507 e. The molecule has 2 N–H and O–H groups in total. The first-order valence-corrected chi connectivity index (χ1v) is 10.3. The highest BCUT2D eigenvalue weighted by molar-refractivity contribution is 5.97. The zero-order valence-corrected chi connectivity index (χ0v) is 19.1. The number of fused-ring (bicyclic) bond motifs is 1. The molecule has 33 heavy (non-hydrogen) atoms. The first-order valence-electron chi connectivity index (χ1n) is 10.3. The molecule has 0 atom stereocenters. The van der Waals surface area contributed by atoms with Gasteiger partial charge in [-0.15, -0.1) is 0 Å². The molecule has 8 heteroatoms. The van der Waals surface area contributed by atoms with Gasteiger partial charge in [-0.25, -0.2) is 4.79 Å². The van der Waals surface area contributed by atoms with Crippen LogP contribution in [0.3, 0.4) is 0 Å². The minimum atomic E-state index is -0.666. The van der Waals surface area contributed by atoms with Crippen molar-refractivity contribution in [1.82, 2.24) is 0 Å². The summed E-state index contributed by atoms with van der Waals surface area (Å²) in [4.78, 5) is 25.4. The molecule has 2 aromatic carbocycles. The summed E-state index contributed by atoms with van der Waals surface area (Å²) in [5.41, 5.74) is 1.57. The van der Waals surface area contributed by atoms with Crippen LogP contribution < -0.4 is 14.9 Å². The van der Waals surface area contributed by atoms with Gasteiger partial charge in [0.15, 0.2) is 17.3 Å². The van der Waals surface area contributed by atoms with Crippen LogP contribution in [0.5, 0.6) is 23.0 Å². The van der Waals surface area contributed by atoms with E-state index in [1.807, 2.05) is 19.9 Å². The Labute approximate surface area is 190 Å². The molecule has 174 valence electrons. The fourth-order valence-electron chi connectivity index (χ4n) is 3.45. The first kappa shape index (κ1) is 23.7. The van der Waals surface area contributed by atoms with Gasteiger partial charge < -0.3 is 28.8 Å². The Morgan fingerprint density at radius 1 is 1.06 bits per heavy atom. The maximum atomic E-state index is 13.2. The van der Waals surface area contributed by atoms with Gasteiger partial charge in [-0.2, -0.15) is 0 Å². The minimum Gasteiger partial charge on any atom is -0.507 e. The Hall–Kier alpha value is -3.94. The summed E-state index contributed by atoms with van der Waals surface area (Å²) >= 11 is 0. The molecule has 0 unspecified atom stereocenters. The normalized spacial score (nSPS) is 10.7. The van der Waals surface area contributed by atoms with Crippen LogP contribution in [-0.2, 0) is 11.2 Å². The lowest BCUT2D eigenvalue weighted by molar-refractivity contribution is 0.0526. The highest BCUT2D eigenvalue weighted by Crippen LogP contribution is 2.40. The van der Waals surface area contributed by atoms with Gasteiger partial charge in [0.1, 0.15) is 16.7 Å². The predicted octanol–water partition coefficient (Wildman–Crippen LogP) is 4.57. The first-order chi connectivity index (χ1) is 15.7. The molecule has 0 saturated carbocycles. The van der Waals surface area contributed by atoms with Crippen LogP contribution in [0.1, 0.15) is 36.7 Å². The summed E-state index contributed by atoms with van der Waals surface area (Å²) in [6.45, 7) is 5.71. The molecule has 0 aliphatic rings. The Morgan fingerprint density at radius 3 is 2.39 bits per heavy atom. The molecule has 0 radical (unpaired) electrons. The van der Waals surface area contributed by atoms with Gasteiger partial charge in [0.05, 0.1) is 26.4 Å². The number of ether oxygens (including phenoxy) is 3. The van der Waals surface area contributed by atoms with Gasteiger partial charge in [0.2, 0.25) is 11.2 Å². The SMILES string of the molecule is CCOC(=O)c1cc(O)c2c(=O)c(OC)c(-c3cc(O)c(OC)cc3CC=C(C)C)oc2c1. The monoisotopic (exact) mass is 454 g/mol. The van der Waals surface area contributed by atoms with Gasteiger partial charge in [0, 0.05) is 5.56 Å². The second-order valence-electron chi connectivity index (χ2n) is 7.55. The lowest BCUT2D eigenvalue weighted by atomic mass is 9.98. The second-order valence-corrected chi connectivity index (χ2v) is 7.55. The van der Waals surface area contributed by atoms with E-state index in [1.165, 1.54) is 26.4 Å². The molecule has 1 heterocycles.